The van der Waals surface area contributed by atoms with Gasteiger partial charge in [0.1, 0.15) is 0 Å². The maximum atomic E-state index is 12.0. The molecular weight excluding hydrogens is 476 g/mol. The number of carbonyl (C=O) groups is 1. The highest BCUT2D eigenvalue weighted by molar-refractivity contribution is 8.03. The van der Waals surface area contributed by atoms with Crippen LogP contribution in [0.5, 0.6) is 11.5 Å². The van der Waals surface area contributed by atoms with E-state index in [0.29, 0.717) is 11.5 Å². The molecule has 3 rings (SSSR count). The summed E-state index contributed by atoms with van der Waals surface area (Å²) < 4.78 is 12.0. The zero-order valence-electron chi connectivity index (χ0n) is 16.7. The van der Waals surface area contributed by atoms with E-state index in [1.165, 1.54) is 23.1 Å². The molecule has 0 aliphatic heterocycles. The van der Waals surface area contributed by atoms with Crippen molar-refractivity contribution in [3.05, 3.63) is 58.6 Å². The Labute approximate surface area is 197 Å². The number of rotatable bonds is 10. The number of nitrogens with zero attached hydrogens (tertiary/aromatic N) is 3. The SMILES string of the molecule is COc1ccc(/C=N\NC(=O)CSc2nnc(SCc3ccc(Cl)cc3)s2)cc1OC. The molecule has 7 nitrogen and oxygen atoms in total. The van der Waals surface area contributed by atoms with Gasteiger partial charge in [-0.1, -0.05) is 58.6 Å². The largest absolute Gasteiger partial charge is 0.493 e. The minimum Gasteiger partial charge on any atom is -0.493 e. The van der Waals surface area contributed by atoms with Gasteiger partial charge in [0.05, 0.1) is 26.2 Å². The molecule has 3 aromatic rings. The molecule has 1 aromatic heterocycles. The number of hydrazone groups is 1. The average molecular weight is 495 g/mol. The van der Waals surface area contributed by atoms with Crippen LogP contribution in [0, 0.1) is 0 Å². The lowest BCUT2D eigenvalue weighted by Crippen LogP contribution is -2.19. The third kappa shape index (κ3) is 7.42. The first-order valence-corrected chi connectivity index (χ1v) is 12.1. The van der Waals surface area contributed by atoms with Crippen molar-refractivity contribution in [2.75, 3.05) is 20.0 Å². The molecule has 0 radical (unpaired) electrons. The first-order valence-electron chi connectivity index (χ1n) is 8.95. The maximum Gasteiger partial charge on any atom is 0.250 e. The monoisotopic (exact) mass is 494 g/mol. The first kappa shape index (κ1) is 23.4. The molecule has 31 heavy (non-hydrogen) atoms. The number of hydrogen-bond donors (Lipinski definition) is 1. The van der Waals surface area contributed by atoms with E-state index in [-0.39, 0.29) is 11.7 Å². The molecule has 1 heterocycles. The number of methoxy groups -OCH3 is 2. The van der Waals surface area contributed by atoms with Crippen LogP contribution in [0.1, 0.15) is 11.1 Å². The molecule has 0 fully saturated rings. The number of benzene rings is 2. The number of thioether (sulfide) groups is 2. The number of halogens is 1. The van der Waals surface area contributed by atoms with Crippen LogP contribution in [0.2, 0.25) is 5.02 Å². The Kier molecular flexibility index (Phi) is 9.01. The highest BCUT2D eigenvalue weighted by Crippen LogP contribution is 2.31. The van der Waals surface area contributed by atoms with Gasteiger partial charge in [0.2, 0.25) is 0 Å². The molecule has 2 aromatic carbocycles. The van der Waals surface area contributed by atoms with Crippen molar-refractivity contribution in [2.24, 2.45) is 5.10 Å². The second kappa shape index (κ2) is 11.9. The Morgan fingerprint density at radius 2 is 1.81 bits per heavy atom. The summed E-state index contributed by atoms with van der Waals surface area (Å²) in [5, 5.41) is 13.0. The Morgan fingerprint density at radius 3 is 2.52 bits per heavy atom. The normalized spacial score (nSPS) is 10.9. The zero-order chi connectivity index (χ0) is 22.1. The fourth-order valence-corrected chi connectivity index (χ4v) is 5.21. The molecule has 0 saturated heterocycles. The Balaban J connectivity index is 1.42. The van der Waals surface area contributed by atoms with Gasteiger partial charge in [-0.25, -0.2) is 5.43 Å². The number of ether oxygens (including phenoxy) is 2. The molecule has 0 bridgehead atoms. The van der Waals surface area contributed by atoms with Gasteiger partial charge in [-0.2, -0.15) is 5.10 Å². The predicted molar refractivity (Wildman–Crippen MR) is 127 cm³/mol. The highest BCUT2D eigenvalue weighted by Gasteiger charge is 2.09. The van der Waals surface area contributed by atoms with Gasteiger partial charge >= 0.3 is 0 Å². The fourth-order valence-electron chi connectivity index (χ4n) is 2.31. The van der Waals surface area contributed by atoms with E-state index in [1.807, 2.05) is 30.3 Å². The summed E-state index contributed by atoms with van der Waals surface area (Å²) >= 11 is 10.3. The quantitative estimate of drug-likeness (QED) is 0.247. The summed E-state index contributed by atoms with van der Waals surface area (Å²) in [6, 6.07) is 13.1. The van der Waals surface area contributed by atoms with E-state index >= 15 is 0 Å². The molecule has 0 spiro atoms. The highest BCUT2D eigenvalue weighted by atomic mass is 35.5. The minimum atomic E-state index is -0.229. The molecule has 0 atom stereocenters. The molecule has 11 heteroatoms. The van der Waals surface area contributed by atoms with Crippen molar-refractivity contribution in [3.8, 4) is 11.5 Å². The topological polar surface area (TPSA) is 85.7 Å². The van der Waals surface area contributed by atoms with E-state index in [1.54, 1.807) is 44.3 Å². The Morgan fingerprint density at radius 1 is 1.10 bits per heavy atom. The standard InChI is InChI=1S/C20H19ClN4O3S3/c1-27-16-8-5-14(9-17(16)28-2)10-22-23-18(26)12-30-20-25-24-19(31-20)29-11-13-3-6-15(21)7-4-13/h3-10H,11-12H2,1-2H3,(H,23,26)/b22-10-. The Hall–Kier alpha value is -2.27. The van der Waals surface area contributed by atoms with E-state index in [4.69, 9.17) is 21.1 Å². The summed E-state index contributed by atoms with van der Waals surface area (Å²) in [5.74, 6) is 1.96. The first-order chi connectivity index (χ1) is 15.1. The number of carbonyl (C=O) groups excluding carboxylic acids is 1. The van der Waals surface area contributed by atoms with Gasteiger partial charge in [0, 0.05) is 10.8 Å². The maximum absolute atomic E-state index is 12.0. The van der Waals surface area contributed by atoms with Crippen LogP contribution in [0.15, 0.2) is 56.2 Å². The van der Waals surface area contributed by atoms with Crippen molar-refractivity contribution < 1.29 is 14.3 Å². The average Bonchev–Trinajstić information content (AvgIpc) is 3.25. The van der Waals surface area contributed by atoms with Gasteiger partial charge in [-0.15, -0.1) is 10.2 Å². The summed E-state index contributed by atoms with van der Waals surface area (Å²) in [7, 11) is 3.13. The molecule has 0 saturated carbocycles. The summed E-state index contributed by atoms with van der Waals surface area (Å²) in [6.07, 6.45) is 1.54. The fraction of sp³-hybridized carbons (Fsp3) is 0.200. The molecule has 0 unspecified atom stereocenters. The smallest absolute Gasteiger partial charge is 0.250 e. The third-order valence-corrected chi connectivity index (χ3v) is 7.31. The zero-order valence-corrected chi connectivity index (χ0v) is 19.9. The molecule has 162 valence electrons. The van der Waals surface area contributed by atoms with Gasteiger partial charge in [-0.05, 0) is 41.5 Å². The molecule has 0 aliphatic rings. The molecule has 0 aliphatic carbocycles. The van der Waals surface area contributed by atoms with Gasteiger partial charge in [0.25, 0.3) is 5.91 Å². The minimum absolute atomic E-state index is 0.194. The van der Waals surface area contributed by atoms with Crippen LogP contribution in [0.3, 0.4) is 0 Å². The van der Waals surface area contributed by atoms with Crippen LogP contribution in [-0.4, -0.2) is 42.3 Å². The second-order valence-electron chi connectivity index (χ2n) is 5.95. The van der Waals surface area contributed by atoms with Crippen LogP contribution >= 0.6 is 46.5 Å². The van der Waals surface area contributed by atoms with Crippen molar-refractivity contribution in [1.82, 2.24) is 15.6 Å². The van der Waals surface area contributed by atoms with Crippen LogP contribution < -0.4 is 14.9 Å². The van der Waals surface area contributed by atoms with Crippen LogP contribution in [0.25, 0.3) is 0 Å². The van der Waals surface area contributed by atoms with Crippen LogP contribution in [0.4, 0.5) is 0 Å². The lowest BCUT2D eigenvalue weighted by atomic mass is 10.2. The van der Waals surface area contributed by atoms with Gasteiger partial charge in [0.15, 0.2) is 20.2 Å². The van der Waals surface area contributed by atoms with Crippen molar-refractivity contribution in [3.63, 3.8) is 0 Å². The number of hydrogen-bond acceptors (Lipinski definition) is 9. The molecule has 1 amide bonds. The number of aromatic nitrogens is 2. The van der Waals surface area contributed by atoms with E-state index in [9.17, 15) is 4.79 Å². The summed E-state index contributed by atoms with van der Waals surface area (Å²) in [6.45, 7) is 0. The van der Waals surface area contributed by atoms with E-state index < -0.39 is 0 Å². The van der Waals surface area contributed by atoms with Crippen molar-refractivity contribution in [1.29, 1.82) is 0 Å². The lowest BCUT2D eigenvalue weighted by molar-refractivity contribution is -0.118. The van der Waals surface area contributed by atoms with Gasteiger partial charge < -0.3 is 9.47 Å². The van der Waals surface area contributed by atoms with Crippen LogP contribution in [-0.2, 0) is 10.5 Å². The molecular formula is C20H19ClN4O3S3. The second-order valence-corrected chi connectivity index (χ2v) is 9.80. The Bertz CT molecular complexity index is 1040. The number of amides is 1. The summed E-state index contributed by atoms with van der Waals surface area (Å²) in [5.41, 5.74) is 4.44. The number of nitrogens with one attached hydrogen (secondary N) is 1. The van der Waals surface area contributed by atoms with Crippen molar-refractivity contribution in [2.45, 2.75) is 14.4 Å². The lowest BCUT2D eigenvalue weighted by Gasteiger charge is -2.07. The predicted octanol–water partition coefficient (Wildman–Crippen LogP) is 4.74. The van der Waals surface area contributed by atoms with Gasteiger partial charge in [-0.3, -0.25) is 4.79 Å². The summed E-state index contributed by atoms with van der Waals surface area (Å²) in [4.78, 5) is 12.0. The van der Waals surface area contributed by atoms with E-state index in [2.05, 4.69) is 20.7 Å². The van der Waals surface area contributed by atoms with Crippen molar-refractivity contribution >= 4 is 58.6 Å². The molecule has 1 N–H and O–H groups in total. The third-order valence-electron chi connectivity index (χ3n) is 3.80. The van der Waals surface area contributed by atoms with E-state index in [0.717, 1.165) is 30.6 Å².